The Morgan fingerprint density at radius 3 is 1.43 bits per heavy atom. The van der Waals surface area contributed by atoms with E-state index in [1.807, 2.05) is 0 Å². The zero-order valence-electron chi connectivity index (χ0n) is 18.8. The maximum absolute atomic E-state index is 10.4. The highest BCUT2D eigenvalue weighted by molar-refractivity contribution is 7.81. The fourth-order valence-electron chi connectivity index (χ4n) is 2.71. The molecular weight excluding hydrogens is 374 g/mol. The van der Waals surface area contributed by atoms with E-state index in [2.05, 4.69) is 27.4 Å². The summed E-state index contributed by atoms with van der Waals surface area (Å²) in [4.78, 5) is 0. The van der Waals surface area contributed by atoms with Crippen molar-refractivity contribution >= 4 is 10.4 Å². The van der Waals surface area contributed by atoms with Gasteiger partial charge in [-0.25, -0.2) is 8.37 Å². The Kier molecular flexibility index (Phi) is 26.2. The zero-order valence-corrected chi connectivity index (χ0v) is 19.6. The predicted molar refractivity (Wildman–Crippen MR) is 121 cm³/mol. The molecular formula is C22H47NO4S. The smallest absolute Gasteiger partial charge is 0.330 e. The summed E-state index contributed by atoms with van der Waals surface area (Å²) in [5, 5.41) is 0. The Morgan fingerprint density at radius 1 is 0.643 bits per heavy atom. The van der Waals surface area contributed by atoms with E-state index < -0.39 is 10.4 Å². The number of nitrogens with two attached hydrogens (primary N) is 1. The van der Waals surface area contributed by atoms with Crippen LogP contribution in [0.5, 0.6) is 0 Å². The zero-order chi connectivity index (χ0) is 21.3. The van der Waals surface area contributed by atoms with Crippen molar-refractivity contribution in [3.63, 3.8) is 0 Å². The summed E-state index contributed by atoms with van der Waals surface area (Å²) in [5.74, 6) is 0. The van der Waals surface area contributed by atoms with Gasteiger partial charge in [-0.1, -0.05) is 76.9 Å². The van der Waals surface area contributed by atoms with E-state index in [1.54, 1.807) is 13.8 Å². The van der Waals surface area contributed by atoms with E-state index in [9.17, 15) is 8.42 Å². The van der Waals surface area contributed by atoms with Crippen molar-refractivity contribution in [1.82, 2.24) is 0 Å². The molecule has 0 saturated heterocycles. The molecule has 0 aliphatic rings. The van der Waals surface area contributed by atoms with Crippen LogP contribution in [0, 0.1) is 0 Å². The van der Waals surface area contributed by atoms with Gasteiger partial charge in [0.15, 0.2) is 0 Å². The molecule has 0 unspecified atom stereocenters. The van der Waals surface area contributed by atoms with E-state index in [0.717, 1.165) is 6.54 Å². The molecule has 6 heteroatoms. The lowest BCUT2D eigenvalue weighted by atomic mass is 10.1. The van der Waals surface area contributed by atoms with Gasteiger partial charge in [-0.05, 0) is 52.5 Å². The molecule has 0 amide bonds. The van der Waals surface area contributed by atoms with Crippen LogP contribution in [-0.2, 0) is 18.8 Å². The van der Waals surface area contributed by atoms with Gasteiger partial charge in [0, 0.05) is 0 Å². The quantitative estimate of drug-likeness (QED) is 0.196. The lowest BCUT2D eigenvalue weighted by molar-refractivity contribution is 0.231. The minimum Gasteiger partial charge on any atom is -0.330 e. The van der Waals surface area contributed by atoms with Gasteiger partial charge in [-0.15, -0.1) is 0 Å². The molecule has 0 aliphatic heterocycles. The van der Waals surface area contributed by atoms with Crippen LogP contribution in [0.3, 0.4) is 0 Å². The van der Waals surface area contributed by atoms with Gasteiger partial charge in [0.1, 0.15) is 0 Å². The first kappa shape index (κ1) is 29.8. The monoisotopic (exact) mass is 421 g/mol. The molecule has 0 atom stereocenters. The second-order valence-corrected chi connectivity index (χ2v) is 8.24. The molecule has 0 heterocycles. The normalized spacial score (nSPS) is 11.6. The Hall–Kier alpha value is -0.430. The van der Waals surface area contributed by atoms with Gasteiger partial charge in [0.2, 0.25) is 0 Å². The molecule has 0 rings (SSSR count). The lowest BCUT2D eigenvalue weighted by Crippen LogP contribution is -2.09. The summed E-state index contributed by atoms with van der Waals surface area (Å²) in [6.45, 7) is 6.53. The summed E-state index contributed by atoms with van der Waals surface area (Å²) >= 11 is 0. The number of hydrogen-bond acceptors (Lipinski definition) is 5. The Labute approximate surface area is 175 Å². The van der Waals surface area contributed by atoms with Gasteiger partial charge in [0.25, 0.3) is 0 Å². The Bertz CT molecular complexity index is 399. The van der Waals surface area contributed by atoms with Crippen LogP contribution in [0.1, 0.15) is 111 Å². The highest BCUT2D eigenvalue weighted by Crippen LogP contribution is 2.09. The van der Waals surface area contributed by atoms with Crippen LogP contribution in [0.15, 0.2) is 12.2 Å². The van der Waals surface area contributed by atoms with Crippen molar-refractivity contribution in [3.8, 4) is 0 Å². The first-order chi connectivity index (χ1) is 13.5. The van der Waals surface area contributed by atoms with Gasteiger partial charge in [0.05, 0.1) is 13.2 Å². The summed E-state index contributed by atoms with van der Waals surface area (Å²) < 4.78 is 29.2. The minimum absolute atomic E-state index is 0.113. The van der Waals surface area contributed by atoms with Gasteiger partial charge in [-0.3, -0.25) is 0 Å². The predicted octanol–water partition coefficient (Wildman–Crippen LogP) is 6.29. The highest BCUT2D eigenvalue weighted by atomic mass is 32.3. The van der Waals surface area contributed by atoms with Crippen LogP contribution in [0.25, 0.3) is 0 Å². The van der Waals surface area contributed by atoms with Crippen molar-refractivity contribution in [1.29, 1.82) is 0 Å². The molecule has 0 bridgehead atoms. The van der Waals surface area contributed by atoms with Crippen molar-refractivity contribution in [2.45, 2.75) is 111 Å². The number of hydrogen-bond donors (Lipinski definition) is 1. The second-order valence-electron chi connectivity index (χ2n) is 6.95. The first-order valence-electron chi connectivity index (χ1n) is 11.4. The third-order valence-corrected chi connectivity index (χ3v) is 5.29. The van der Waals surface area contributed by atoms with E-state index in [0.29, 0.717) is 0 Å². The summed E-state index contributed by atoms with van der Waals surface area (Å²) in [6, 6.07) is 0. The standard InChI is InChI=1S/C18H37N.C4H10O4S/c1-2-3-4-5-6-7-8-9-10-11-12-13-14-15-16-17-18-19;1-3-7-9(5,6)8-4-2/h9-10H,2-8,11-19H2,1H3;3-4H2,1-2H3/b10-9-;. The molecule has 0 fully saturated rings. The molecule has 0 spiro atoms. The molecule has 0 aromatic carbocycles. The molecule has 5 nitrogen and oxygen atoms in total. The third-order valence-electron chi connectivity index (χ3n) is 4.24. The molecule has 0 radical (unpaired) electrons. The Morgan fingerprint density at radius 2 is 1.04 bits per heavy atom. The topological polar surface area (TPSA) is 78.6 Å². The summed E-state index contributed by atoms with van der Waals surface area (Å²) in [6.07, 6.45) is 23.9. The molecule has 2 N–H and O–H groups in total. The van der Waals surface area contributed by atoms with Crippen molar-refractivity contribution in [2.24, 2.45) is 5.73 Å². The van der Waals surface area contributed by atoms with Gasteiger partial charge >= 0.3 is 10.4 Å². The van der Waals surface area contributed by atoms with Crippen molar-refractivity contribution in [3.05, 3.63) is 12.2 Å². The second kappa shape index (κ2) is 24.6. The van der Waals surface area contributed by atoms with Crippen LogP contribution >= 0.6 is 0 Å². The maximum atomic E-state index is 10.4. The van der Waals surface area contributed by atoms with Crippen LogP contribution in [0.4, 0.5) is 0 Å². The lowest BCUT2D eigenvalue weighted by Gasteiger charge is -1.99. The fraction of sp³-hybridized carbons (Fsp3) is 0.909. The maximum Gasteiger partial charge on any atom is 0.399 e. The number of allylic oxidation sites excluding steroid dienone is 2. The van der Waals surface area contributed by atoms with Gasteiger partial charge in [-0.2, -0.15) is 8.42 Å². The molecule has 0 aromatic heterocycles. The molecule has 170 valence electrons. The average Bonchev–Trinajstić information content (AvgIpc) is 2.65. The largest absolute Gasteiger partial charge is 0.399 e. The first-order valence-corrected chi connectivity index (χ1v) is 12.8. The summed E-state index contributed by atoms with van der Waals surface area (Å²) in [5.41, 5.74) is 5.47. The van der Waals surface area contributed by atoms with Crippen molar-refractivity contribution in [2.75, 3.05) is 19.8 Å². The molecule has 28 heavy (non-hydrogen) atoms. The van der Waals surface area contributed by atoms with E-state index in [-0.39, 0.29) is 13.2 Å². The van der Waals surface area contributed by atoms with Crippen LogP contribution in [0.2, 0.25) is 0 Å². The van der Waals surface area contributed by atoms with Crippen LogP contribution < -0.4 is 5.73 Å². The Balaban J connectivity index is 0. The van der Waals surface area contributed by atoms with E-state index >= 15 is 0 Å². The average molecular weight is 422 g/mol. The minimum atomic E-state index is -3.68. The van der Waals surface area contributed by atoms with E-state index in [4.69, 9.17) is 5.73 Å². The molecule has 0 aromatic rings. The van der Waals surface area contributed by atoms with E-state index in [1.165, 1.54) is 89.9 Å². The fourth-order valence-corrected chi connectivity index (χ4v) is 3.36. The summed E-state index contributed by atoms with van der Waals surface area (Å²) in [7, 11) is -3.68. The number of rotatable bonds is 19. The third kappa shape index (κ3) is 27.8. The molecule has 0 saturated carbocycles. The van der Waals surface area contributed by atoms with Crippen molar-refractivity contribution < 1.29 is 16.8 Å². The molecule has 0 aliphatic carbocycles. The number of unbranched alkanes of at least 4 members (excludes halogenated alkanes) is 12. The SMILES string of the molecule is CCCCCCCC/C=C\CCCCCCCCN.CCOS(=O)(=O)OCC. The van der Waals surface area contributed by atoms with Gasteiger partial charge < -0.3 is 5.73 Å². The highest BCUT2D eigenvalue weighted by Gasteiger charge is 2.06. The van der Waals surface area contributed by atoms with Crippen LogP contribution in [-0.4, -0.2) is 28.2 Å².